The summed E-state index contributed by atoms with van der Waals surface area (Å²) >= 11 is 0. The molecule has 4 nitrogen and oxygen atoms in total. The summed E-state index contributed by atoms with van der Waals surface area (Å²) in [7, 11) is 0. The number of hydrogen-bond donors (Lipinski definition) is 0. The molecular weight excluding hydrogens is 448 g/mol. The van der Waals surface area contributed by atoms with Crippen molar-refractivity contribution in [2.45, 2.75) is 125 Å². The number of Topliss-reactive ketones (excluding diaryl/α,β-unsaturated/α-hetero) is 1. The quantitative estimate of drug-likeness (QED) is 0.205. The highest BCUT2D eigenvalue weighted by molar-refractivity contribution is 5.99. The van der Waals surface area contributed by atoms with Crippen LogP contribution in [0.4, 0.5) is 0 Å². The molecule has 0 amide bonds. The van der Waals surface area contributed by atoms with Crippen molar-refractivity contribution in [3.05, 3.63) is 53.1 Å². The highest BCUT2D eigenvalue weighted by Gasteiger charge is 2.22. The second kappa shape index (κ2) is 15.6. The van der Waals surface area contributed by atoms with E-state index < -0.39 is 0 Å². The molecule has 0 aliphatic rings. The van der Waals surface area contributed by atoms with Gasteiger partial charge >= 0.3 is 0 Å². The van der Waals surface area contributed by atoms with Crippen LogP contribution in [0.25, 0.3) is 0 Å². The third-order valence-corrected chi connectivity index (χ3v) is 7.04. The molecule has 2 aromatic carbocycles. The zero-order chi connectivity index (χ0) is 26.5. The normalized spacial score (nSPS) is 11.4. The van der Waals surface area contributed by atoms with Crippen LogP contribution in [-0.2, 0) is 12.8 Å². The first-order chi connectivity index (χ1) is 17.4. The fraction of sp³-hybridized carbons (Fsp3) is 0.594. The number of carbonyl (C=O) groups is 1. The van der Waals surface area contributed by atoms with Gasteiger partial charge < -0.3 is 14.2 Å². The Morgan fingerprint density at radius 3 is 1.81 bits per heavy atom. The number of aryl methyl sites for hydroxylation is 2. The first-order valence-corrected chi connectivity index (χ1v) is 14.2. The van der Waals surface area contributed by atoms with E-state index in [1.165, 1.54) is 5.56 Å². The lowest BCUT2D eigenvalue weighted by Crippen LogP contribution is -2.19. The maximum absolute atomic E-state index is 13.6. The van der Waals surface area contributed by atoms with Crippen molar-refractivity contribution in [1.29, 1.82) is 0 Å². The maximum atomic E-state index is 13.6. The monoisotopic (exact) mass is 496 g/mol. The molecule has 0 aromatic heterocycles. The van der Waals surface area contributed by atoms with Gasteiger partial charge in [-0.2, -0.15) is 0 Å². The predicted octanol–water partition coefficient (Wildman–Crippen LogP) is 8.77. The number of benzene rings is 2. The van der Waals surface area contributed by atoms with Crippen molar-refractivity contribution >= 4 is 5.78 Å². The Morgan fingerprint density at radius 2 is 1.25 bits per heavy atom. The van der Waals surface area contributed by atoms with E-state index in [0.717, 1.165) is 56.3 Å². The van der Waals surface area contributed by atoms with Crippen molar-refractivity contribution < 1.29 is 19.0 Å². The van der Waals surface area contributed by atoms with Crippen molar-refractivity contribution in [2.24, 2.45) is 0 Å². The zero-order valence-corrected chi connectivity index (χ0v) is 23.7. The Morgan fingerprint density at radius 1 is 0.694 bits per heavy atom. The molecule has 0 heterocycles. The molecule has 4 heteroatoms. The summed E-state index contributed by atoms with van der Waals surface area (Å²) in [5.74, 6) is 2.24. The van der Waals surface area contributed by atoms with Crippen molar-refractivity contribution in [1.82, 2.24) is 0 Å². The molecule has 2 aromatic rings. The Labute approximate surface area is 219 Å². The van der Waals surface area contributed by atoms with Crippen molar-refractivity contribution in [2.75, 3.05) is 0 Å². The number of para-hydroxylation sites is 1. The summed E-state index contributed by atoms with van der Waals surface area (Å²) in [4.78, 5) is 13.6. The van der Waals surface area contributed by atoms with Crippen LogP contribution in [0.2, 0.25) is 0 Å². The molecular formula is C32H48O4. The summed E-state index contributed by atoms with van der Waals surface area (Å²) in [5, 5.41) is 0. The molecule has 36 heavy (non-hydrogen) atoms. The number of carbonyl (C=O) groups excluding carboxylic acids is 1. The largest absolute Gasteiger partial charge is 0.490 e. The van der Waals surface area contributed by atoms with Crippen molar-refractivity contribution in [3.63, 3.8) is 0 Å². The molecule has 0 saturated heterocycles. The Kier molecular flexibility index (Phi) is 12.9. The molecule has 0 fully saturated rings. The van der Waals surface area contributed by atoms with Gasteiger partial charge in [-0.25, -0.2) is 0 Å². The molecule has 2 rings (SSSR count). The van der Waals surface area contributed by atoms with Crippen LogP contribution >= 0.6 is 0 Å². The third-order valence-electron chi connectivity index (χ3n) is 7.04. The van der Waals surface area contributed by atoms with Gasteiger partial charge in [0.05, 0.1) is 23.9 Å². The number of hydrogen-bond acceptors (Lipinski definition) is 4. The summed E-state index contributed by atoms with van der Waals surface area (Å²) in [5.41, 5.74) is 2.97. The van der Waals surface area contributed by atoms with E-state index >= 15 is 0 Å². The van der Waals surface area contributed by atoms with E-state index in [2.05, 4.69) is 66.7 Å². The van der Waals surface area contributed by atoms with E-state index in [1.807, 2.05) is 18.2 Å². The lowest BCUT2D eigenvalue weighted by molar-refractivity contribution is 0.0969. The van der Waals surface area contributed by atoms with Gasteiger partial charge in [-0.3, -0.25) is 4.79 Å². The number of ether oxygens (including phenoxy) is 3. The van der Waals surface area contributed by atoms with Crippen LogP contribution in [0.3, 0.4) is 0 Å². The zero-order valence-electron chi connectivity index (χ0n) is 23.7. The van der Waals surface area contributed by atoms with Gasteiger partial charge in [0.25, 0.3) is 0 Å². The fourth-order valence-corrected chi connectivity index (χ4v) is 4.39. The summed E-state index contributed by atoms with van der Waals surface area (Å²) in [6.07, 6.45) is 7.80. The van der Waals surface area contributed by atoms with Crippen LogP contribution in [0.15, 0.2) is 36.4 Å². The molecule has 0 atom stereocenters. The van der Waals surface area contributed by atoms with Crippen LogP contribution in [0.5, 0.6) is 17.2 Å². The molecule has 0 radical (unpaired) electrons. The van der Waals surface area contributed by atoms with E-state index in [0.29, 0.717) is 29.9 Å². The molecule has 0 N–H and O–H groups in total. The highest BCUT2D eigenvalue weighted by Crippen LogP contribution is 2.36. The smallest absolute Gasteiger partial charge is 0.172 e. The number of ketones is 1. The van der Waals surface area contributed by atoms with Gasteiger partial charge in [-0.15, -0.1) is 0 Å². The van der Waals surface area contributed by atoms with Gasteiger partial charge in [-0.05, 0) is 80.7 Å². The summed E-state index contributed by atoms with van der Waals surface area (Å²) in [6, 6.07) is 12.1. The standard InChI is InChI=1S/C32H48O4/c1-8-23-18-21-30(34-25(9-2)10-3)24(22-23)19-20-29(33)28-16-15-17-31(35-26(11-4)12-5)32(28)36-27(13-6)14-7/h15-18,21-22,25-27H,8-14,19-20H2,1-7H3. The highest BCUT2D eigenvalue weighted by atomic mass is 16.5. The average Bonchev–Trinajstić information content (AvgIpc) is 2.92. The van der Waals surface area contributed by atoms with Crippen LogP contribution < -0.4 is 14.2 Å². The van der Waals surface area contributed by atoms with Gasteiger partial charge in [-0.1, -0.05) is 66.7 Å². The minimum Gasteiger partial charge on any atom is -0.490 e. The van der Waals surface area contributed by atoms with E-state index in [9.17, 15) is 4.79 Å². The van der Waals surface area contributed by atoms with Gasteiger partial charge in [0, 0.05) is 6.42 Å². The topological polar surface area (TPSA) is 44.8 Å². The van der Waals surface area contributed by atoms with Crippen LogP contribution in [0, 0.1) is 0 Å². The van der Waals surface area contributed by atoms with Crippen molar-refractivity contribution in [3.8, 4) is 17.2 Å². The average molecular weight is 497 g/mol. The minimum atomic E-state index is 0.0456. The minimum absolute atomic E-state index is 0.0456. The first kappa shape index (κ1) is 29.7. The Hall–Kier alpha value is -2.49. The maximum Gasteiger partial charge on any atom is 0.172 e. The molecule has 0 saturated carbocycles. The molecule has 0 spiro atoms. The van der Waals surface area contributed by atoms with E-state index in [-0.39, 0.29) is 24.1 Å². The number of rotatable bonds is 17. The molecule has 0 aliphatic heterocycles. The predicted molar refractivity (Wildman–Crippen MR) is 150 cm³/mol. The summed E-state index contributed by atoms with van der Waals surface area (Å²) in [6.45, 7) is 14.9. The van der Waals surface area contributed by atoms with Crippen LogP contribution in [-0.4, -0.2) is 24.1 Å². The van der Waals surface area contributed by atoms with Gasteiger partial charge in [0.2, 0.25) is 0 Å². The van der Waals surface area contributed by atoms with Crippen LogP contribution in [0.1, 0.15) is 115 Å². The van der Waals surface area contributed by atoms with Gasteiger partial charge in [0.1, 0.15) is 5.75 Å². The third kappa shape index (κ3) is 8.28. The lowest BCUT2D eigenvalue weighted by Gasteiger charge is -2.23. The van der Waals surface area contributed by atoms with E-state index in [1.54, 1.807) is 0 Å². The molecule has 0 aliphatic carbocycles. The Balaban J connectivity index is 2.35. The summed E-state index contributed by atoms with van der Waals surface area (Å²) < 4.78 is 19.0. The molecule has 200 valence electrons. The Bertz CT molecular complexity index is 924. The first-order valence-electron chi connectivity index (χ1n) is 14.2. The lowest BCUT2D eigenvalue weighted by atomic mass is 9.99. The SMILES string of the molecule is CCc1ccc(OC(CC)CC)c(CCC(=O)c2cccc(OC(CC)CC)c2OC(CC)CC)c1. The fourth-order valence-electron chi connectivity index (χ4n) is 4.39. The second-order valence-electron chi connectivity index (χ2n) is 9.52. The van der Waals surface area contributed by atoms with E-state index in [4.69, 9.17) is 14.2 Å². The van der Waals surface area contributed by atoms with Gasteiger partial charge in [0.15, 0.2) is 17.3 Å². The second-order valence-corrected chi connectivity index (χ2v) is 9.52. The molecule has 0 unspecified atom stereocenters. The molecule has 0 bridgehead atoms.